The number of furan rings is 2. The fraction of sp³-hybridized carbons (Fsp3) is 0.0392. The maximum Gasteiger partial charge on any atom is 0.159 e. The number of hydrogen-bond acceptors (Lipinski definition) is 4. The summed E-state index contributed by atoms with van der Waals surface area (Å²) >= 11 is 0. The highest BCUT2D eigenvalue weighted by molar-refractivity contribution is 6.15. The van der Waals surface area contributed by atoms with E-state index in [0.29, 0.717) is 0 Å². The molecule has 12 rings (SSSR count). The van der Waals surface area contributed by atoms with Crippen LogP contribution in [-0.2, 0) is 0 Å². The molecule has 0 bridgehead atoms. The molecule has 3 aromatic heterocycles. The Morgan fingerprint density at radius 2 is 1.18 bits per heavy atom. The van der Waals surface area contributed by atoms with Gasteiger partial charge >= 0.3 is 0 Å². The van der Waals surface area contributed by atoms with Crippen molar-refractivity contribution in [1.82, 2.24) is 9.88 Å². The number of aliphatic imine (C=N–C) groups is 1. The van der Waals surface area contributed by atoms with Crippen molar-refractivity contribution in [2.75, 3.05) is 0 Å². The molecule has 2 unspecified atom stereocenters. The molecule has 0 radical (unpaired) electrons. The third-order valence-corrected chi connectivity index (χ3v) is 11.4. The molecular weight excluding hydrogens is 701 g/mol. The van der Waals surface area contributed by atoms with Gasteiger partial charge in [0.15, 0.2) is 5.58 Å². The Labute approximate surface area is 327 Å². The summed E-state index contributed by atoms with van der Waals surface area (Å²) in [6, 6.07) is 63.4. The molecule has 0 saturated carbocycles. The van der Waals surface area contributed by atoms with E-state index in [1.165, 1.54) is 10.8 Å². The van der Waals surface area contributed by atoms with Gasteiger partial charge in [-0.05, 0) is 77.0 Å². The summed E-state index contributed by atoms with van der Waals surface area (Å²) in [6.07, 6.45) is -0.653. The fourth-order valence-electron chi connectivity index (χ4n) is 8.77. The van der Waals surface area contributed by atoms with E-state index in [-0.39, 0.29) is 12.3 Å². The van der Waals surface area contributed by atoms with Gasteiger partial charge < -0.3 is 24.0 Å². The van der Waals surface area contributed by atoms with Gasteiger partial charge in [0.25, 0.3) is 0 Å². The van der Waals surface area contributed by atoms with Crippen LogP contribution in [0.3, 0.4) is 0 Å². The zero-order valence-electron chi connectivity index (χ0n) is 30.6. The number of hydrogen-bond donors (Lipinski definition) is 1. The molecule has 57 heavy (non-hydrogen) atoms. The Morgan fingerprint density at radius 1 is 0.491 bits per heavy atom. The van der Waals surface area contributed by atoms with Crippen LogP contribution in [0.2, 0.25) is 0 Å². The lowest BCUT2D eigenvalue weighted by molar-refractivity contribution is 0.627. The van der Waals surface area contributed by atoms with Crippen molar-refractivity contribution in [3.8, 4) is 16.8 Å². The van der Waals surface area contributed by atoms with Crippen LogP contribution in [0, 0.1) is 0 Å². The topological polar surface area (TPSA) is 69.7 Å². The van der Waals surface area contributed by atoms with Crippen molar-refractivity contribution in [2.45, 2.75) is 12.3 Å². The molecular formula is C51H33N4O2-. The van der Waals surface area contributed by atoms with Gasteiger partial charge in [0.2, 0.25) is 0 Å². The number of rotatable bonds is 5. The molecule has 0 fully saturated rings. The molecule has 1 N–H and O–H groups in total. The van der Waals surface area contributed by atoms with E-state index in [4.69, 9.17) is 19.1 Å². The molecule has 0 spiro atoms. The summed E-state index contributed by atoms with van der Waals surface area (Å²) in [5.41, 5.74) is 11.9. The lowest BCUT2D eigenvalue weighted by atomic mass is 9.97. The van der Waals surface area contributed by atoms with Crippen LogP contribution in [0.1, 0.15) is 29.0 Å². The van der Waals surface area contributed by atoms with Gasteiger partial charge in [-0.1, -0.05) is 140 Å². The molecule has 1 aliphatic heterocycles. The standard InChI is InChI=1S/C51H33N4O2/c1-3-13-31(14-4-1)49-52-50(32-15-5-2-6-16-32)54-51(53-49)34-26-28-40-46(30-34)56-44-24-12-19-35(47(40)44)33-25-27-38-39-20-11-23-43(48(39)57-45(38)29-33)55-41-21-9-7-17-36(41)37-18-8-10-22-42(37)55/h1-30,49,51H,(H,52,54)/q-1. The maximum absolute atomic E-state index is 6.84. The molecule has 0 aliphatic carbocycles. The first-order chi connectivity index (χ1) is 28.2. The minimum atomic E-state index is -0.336. The molecule has 6 heteroatoms. The number of nitrogens with zero attached hydrogens (tertiary/aromatic N) is 3. The smallest absolute Gasteiger partial charge is 0.159 e. The van der Waals surface area contributed by atoms with Crippen LogP contribution in [0.5, 0.6) is 0 Å². The fourth-order valence-corrected chi connectivity index (χ4v) is 8.77. The zero-order chi connectivity index (χ0) is 37.5. The SMILES string of the molecule is c1ccc(C2=NC(c3ccccc3)[N-]C(c3ccc4c(c3)oc3cccc(-c5ccc6c(c5)oc5c(-n7c8ccccc8c8ccccc87)cccc56)c34)N2)cc1. The predicted octanol–water partition coefficient (Wildman–Crippen LogP) is 13.4. The Morgan fingerprint density at radius 3 is 1.98 bits per heavy atom. The van der Waals surface area contributed by atoms with Gasteiger partial charge in [-0.25, -0.2) is 0 Å². The highest BCUT2D eigenvalue weighted by Gasteiger charge is 2.21. The molecule has 4 heterocycles. The number of aromatic nitrogens is 1. The van der Waals surface area contributed by atoms with E-state index in [1.807, 2.05) is 42.5 Å². The van der Waals surface area contributed by atoms with E-state index in [2.05, 4.69) is 149 Å². The zero-order valence-corrected chi connectivity index (χ0v) is 30.6. The number of benzene rings is 8. The summed E-state index contributed by atoms with van der Waals surface area (Å²) in [6.45, 7) is 0. The number of amidine groups is 1. The monoisotopic (exact) mass is 733 g/mol. The Balaban J connectivity index is 0.951. The molecule has 0 amide bonds. The predicted molar refractivity (Wildman–Crippen MR) is 232 cm³/mol. The summed E-state index contributed by atoms with van der Waals surface area (Å²) in [5, 5.41) is 15.5. The average Bonchev–Trinajstić information content (AvgIpc) is 3.96. The highest BCUT2D eigenvalue weighted by atomic mass is 16.3. The van der Waals surface area contributed by atoms with Crippen molar-refractivity contribution >= 4 is 71.5 Å². The van der Waals surface area contributed by atoms with E-state index in [1.54, 1.807) is 0 Å². The first kappa shape index (κ1) is 31.9. The maximum atomic E-state index is 6.84. The third kappa shape index (κ3) is 5.04. The molecule has 8 aromatic carbocycles. The number of nitrogens with one attached hydrogen (secondary N) is 1. The molecule has 1 aliphatic rings. The quantitative estimate of drug-likeness (QED) is 0.191. The Hall–Kier alpha value is -7.41. The van der Waals surface area contributed by atoms with Crippen molar-refractivity contribution in [3.05, 3.63) is 204 Å². The molecule has 11 aromatic rings. The first-order valence-electron chi connectivity index (χ1n) is 19.3. The van der Waals surface area contributed by atoms with Gasteiger partial charge in [0.05, 0.1) is 16.7 Å². The van der Waals surface area contributed by atoms with Gasteiger partial charge in [0.1, 0.15) is 22.6 Å². The number of fused-ring (bicyclic) bond motifs is 9. The van der Waals surface area contributed by atoms with E-state index in [9.17, 15) is 0 Å². The van der Waals surface area contributed by atoms with Crippen molar-refractivity contribution < 1.29 is 8.83 Å². The molecule has 6 nitrogen and oxygen atoms in total. The largest absolute Gasteiger partial charge is 0.613 e. The van der Waals surface area contributed by atoms with Crippen molar-refractivity contribution in [1.29, 1.82) is 0 Å². The second kappa shape index (κ2) is 12.6. The lowest BCUT2D eigenvalue weighted by Crippen LogP contribution is -2.33. The minimum Gasteiger partial charge on any atom is -0.613 e. The van der Waals surface area contributed by atoms with Gasteiger partial charge in [0, 0.05) is 37.9 Å². The number of para-hydroxylation sites is 3. The van der Waals surface area contributed by atoms with Crippen molar-refractivity contribution in [3.63, 3.8) is 0 Å². The van der Waals surface area contributed by atoms with E-state index < -0.39 is 0 Å². The van der Waals surface area contributed by atoms with Crippen LogP contribution < -0.4 is 5.32 Å². The van der Waals surface area contributed by atoms with Gasteiger partial charge in [-0.15, -0.1) is 0 Å². The minimum absolute atomic E-state index is 0.317. The van der Waals surface area contributed by atoms with Crippen molar-refractivity contribution in [2.24, 2.45) is 4.99 Å². The van der Waals surface area contributed by atoms with E-state index in [0.717, 1.165) is 94.3 Å². The van der Waals surface area contributed by atoms with Crippen LogP contribution >= 0.6 is 0 Å². The molecule has 0 saturated heterocycles. The summed E-state index contributed by atoms with van der Waals surface area (Å²) < 4.78 is 15.8. The van der Waals surface area contributed by atoms with Gasteiger partial charge in [-0.3, -0.25) is 4.99 Å². The van der Waals surface area contributed by atoms with E-state index >= 15 is 0 Å². The van der Waals surface area contributed by atoms with Crippen LogP contribution in [0.15, 0.2) is 196 Å². The molecule has 2 atom stereocenters. The summed E-state index contributed by atoms with van der Waals surface area (Å²) in [5.74, 6) is 0.819. The lowest BCUT2D eigenvalue weighted by Gasteiger charge is -2.43. The average molecular weight is 734 g/mol. The molecule has 270 valence electrons. The highest BCUT2D eigenvalue weighted by Crippen LogP contribution is 2.43. The van der Waals surface area contributed by atoms with Gasteiger partial charge in [-0.2, -0.15) is 0 Å². The van der Waals surface area contributed by atoms with Crippen LogP contribution in [0.25, 0.3) is 87.8 Å². The first-order valence-corrected chi connectivity index (χ1v) is 19.3. The second-order valence-electron chi connectivity index (χ2n) is 14.7. The summed E-state index contributed by atoms with van der Waals surface area (Å²) in [7, 11) is 0. The Bertz CT molecular complexity index is 3320. The van der Waals surface area contributed by atoms with Crippen LogP contribution in [0.4, 0.5) is 0 Å². The third-order valence-electron chi connectivity index (χ3n) is 11.4. The normalized spacial score (nSPS) is 15.9. The Kier molecular flexibility index (Phi) is 7.03. The summed E-state index contributed by atoms with van der Waals surface area (Å²) in [4.78, 5) is 5.02. The second-order valence-corrected chi connectivity index (χ2v) is 14.7. The van der Waals surface area contributed by atoms with Crippen LogP contribution in [-0.4, -0.2) is 10.4 Å².